The molecule has 8 atom stereocenters. The van der Waals surface area contributed by atoms with E-state index in [2.05, 4.69) is 230 Å². The van der Waals surface area contributed by atoms with Crippen molar-refractivity contribution < 1.29 is 38.2 Å². The van der Waals surface area contributed by atoms with Crippen LogP contribution in [0.3, 0.4) is 0 Å². The number of allylic oxidation sites excluding steroid dienone is 24. The molecule has 0 bridgehead atoms. The van der Waals surface area contributed by atoms with Crippen molar-refractivity contribution in [1.29, 1.82) is 36.8 Å². The van der Waals surface area contributed by atoms with Crippen molar-refractivity contribution in [1.82, 2.24) is 19.6 Å². The Kier molecular flexibility index (Phi) is 40.5. The molecule has 0 spiro atoms. The molecule has 732 valence electrons. The van der Waals surface area contributed by atoms with Gasteiger partial charge in [-0.1, -0.05) is 135 Å². The van der Waals surface area contributed by atoms with E-state index in [0.29, 0.717) is 100 Å². The van der Waals surface area contributed by atoms with E-state index in [1.807, 2.05) is 0 Å². The van der Waals surface area contributed by atoms with Gasteiger partial charge < -0.3 is 43.1 Å². The molecule has 0 aromatic heterocycles. The van der Waals surface area contributed by atoms with Crippen LogP contribution >= 0.6 is 0 Å². The van der Waals surface area contributed by atoms with Crippen molar-refractivity contribution in [3.05, 3.63) is 151 Å². The van der Waals surface area contributed by atoms with Gasteiger partial charge >= 0.3 is 0 Å². The second kappa shape index (κ2) is 51.5. The van der Waals surface area contributed by atoms with Gasteiger partial charge in [0.25, 0.3) is 5.70 Å². The Morgan fingerprint density at radius 2 is 0.622 bits per heavy atom. The van der Waals surface area contributed by atoms with Crippen molar-refractivity contribution in [3.8, 4) is 42.5 Å². The largest absolute Gasteiger partial charge is 0.378 e. The van der Waals surface area contributed by atoms with E-state index in [-0.39, 0.29) is 105 Å². The molecule has 135 heavy (non-hydrogen) atoms. The zero-order valence-corrected chi connectivity index (χ0v) is 84.8. The molecule has 0 saturated heterocycles. The third-order valence-electron chi connectivity index (χ3n) is 32.5. The van der Waals surface area contributed by atoms with Gasteiger partial charge in [0.1, 0.15) is 53.1 Å². The van der Waals surface area contributed by atoms with Gasteiger partial charge in [-0.25, -0.2) is 19.9 Å². The van der Waals surface area contributed by atoms with Crippen LogP contribution in [-0.2, 0) is 38.2 Å². The van der Waals surface area contributed by atoms with Crippen LogP contribution in [0.4, 0.5) is 0 Å². The molecular formula is C115H164N12O8. The molecule has 0 aliphatic heterocycles. The summed E-state index contributed by atoms with van der Waals surface area (Å²) in [6, 6.07) is 16.8. The molecule has 8 fully saturated rings. The molecule has 0 radical (unpaired) electrons. The topological polar surface area (TPSA) is 258 Å². The Balaban J connectivity index is 0.682. The Labute approximate surface area is 813 Å². The Hall–Kier alpha value is -7.68. The lowest BCUT2D eigenvalue weighted by molar-refractivity contribution is -0.337. The molecule has 0 aromatic carbocycles. The van der Waals surface area contributed by atoms with Crippen LogP contribution in [0.1, 0.15) is 300 Å². The van der Waals surface area contributed by atoms with E-state index >= 15 is 0 Å². The first-order chi connectivity index (χ1) is 64.8. The number of likely N-dealkylation sites (N-methyl/N-ethyl adjacent to an activating group) is 3. The van der Waals surface area contributed by atoms with Crippen molar-refractivity contribution >= 4 is 0 Å². The van der Waals surface area contributed by atoms with Crippen molar-refractivity contribution in [2.24, 2.45) is 69.0 Å². The molecule has 0 heterocycles. The molecule has 20 heteroatoms. The average Bonchev–Trinajstić information content (AvgIpc) is 0.826. The highest BCUT2D eigenvalue weighted by Gasteiger charge is 2.40. The quantitative estimate of drug-likeness (QED) is 0.0184. The number of nitriles is 7. The molecule has 0 amide bonds. The monoisotopic (exact) mass is 1840 g/mol. The normalized spacial score (nSPS) is 32.1. The minimum Gasteiger partial charge on any atom is -0.378 e. The zero-order valence-electron chi connectivity index (χ0n) is 84.8. The third kappa shape index (κ3) is 33.5. The van der Waals surface area contributed by atoms with Crippen LogP contribution < -0.4 is 0 Å². The van der Waals surface area contributed by atoms with E-state index in [0.717, 1.165) is 279 Å². The number of nitrogens with zero attached hydrogens (tertiary/aromatic N) is 12. The van der Waals surface area contributed by atoms with Crippen molar-refractivity contribution in [2.75, 3.05) is 94.2 Å². The summed E-state index contributed by atoms with van der Waals surface area (Å²) < 4.78 is 42.9. The number of hydrogen-bond donors (Lipinski definition) is 0. The number of rotatable bonds is 37. The van der Waals surface area contributed by atoms with E-state index in [1.165, 1.54) is 22.3 Å². The predicted octanol–water partition coefficient (Wildman–Crippen LogP) is 24.1. The lowest BCUT2D eigenvalue weighted by Gasteiger charge is -2.40. The molecule has 12 aliphatic carbocycles. The highest BCUT2D eigenvalue weighted by atomic mass is 17.2. The molecule has 0 N–H and O–H groups in total. The maximum Gasteiger partial charge on any atom is 0.265 e. The van der Waals surface area contributed by atoms with E-state index < -0.39 is 0 Å². The molecular weight excluding hydrogens is 1680 g/mol. The maximum absolute atomic E-state index is 9.74. The number of hydrogen-bond acceptors (Lipinski definition) is 19. The minimum absolute atomic E-state index is 0.00243. The standard InChI is InChI=1S/C115H164N12O8/c1-81-15-41-104(42-16-81)135-134-79-92-57-108(131-77-90-53-105(128-46-43-124(11)100-33-25-82(26-34-100)17-21-86-49-93(97(70-116)71-117)66-112(2,3)62-86)59-106(54-90)129-47-44-125(12)101-35-27-83(28-36-101)18-22-87-50-94(98(72-118)73-119)67-113(4,5)63-87)61-109(58-92)132-78-91-55-107(130-48-45-126(13)102-37-29-84(30-38-102)20-24-89-52-96(111(76-122)123-10)69-115(8,9)65-89)60-110(56-91)133-80-127(14)103-39-31-85(32-40-103)19-23-88-51-95(99(74-120)75-121)68-114(6,7)64-88/h17-24,49-52,81-85,90-92,100-110H,15-16,25-48,53-69,77-80H2,1-9,11-14H3/b21-17+,22-18+,23-19+,24-20+,111-96+. The fourth-order valence-electron chi connectivity index (χ4n) is 24.8. The summed E-state index contributed by atoms with van der Waals surface area (Å²) in [6.45, 7) is 34.7. The summed E-state index contributed by atoms with van der Waals surface area (Å²) in [6.07, 6.45) is 64.2. The summed E-state index contributed by atoms with van der Waals surface area (Å²) in [4.78, 5) is 26.2. The first-order valence-corrected chi connectivity index (χ1v) is 52.3. The highest BCUT2D eigenvalue weighted by Crippen LogP contribution is 2.47. The van der Waals surface area contributed by atoms with Gasteiger partial charge in [0.2, 0.25) is 0 Å². The van der Waals surface area contributed by atoms with E-state index in [4.69, 9.17) is 44.8 Å². The SMILES string of the molecule is [C-]#[N+]/C(C#N)=C1C=C(/C=C/C2CCC(N(C)CCOC3CC(COC4CC(COOC5CCC(C)CC5)CC(OCC5CC(OCCN(C)C6CCC(/C=C/C7=CC(=C(C#N)C#N)CC(C)(C)C7)CC6)CC(OCCN(C)C6CCC(/C=C/C7=CC(=C(C#N)C#N)CC(C)(C)C7)CC6)C5)C4)CC(OCN(C)C4CCC(/C=C/C5=CC(=C(C#N)C#N)CC(C)(C)C5)CC4)C3)CC2)CC(C)(C)C\1. The highest BCUT2D eigenvalue weighted by molar-refractivity contribution is 5.52. The summed E-state index contributed by atoms with van der Waals surface area (Å²) >= 11 is 0. The molecule has 0 aromatic rings. The molecule has 8 saturated carbocycles. The fraction of sp³-hybridized carbons (Fsp3) is 0.722. The van der Waals surface area contributed by atoms with Crippen LogP contribution in [0.25, 0.3) is 4.85 Å². The Bertz CT molecular complexity index is 4490. The maximum atomic E-state index is 9.74. The lowest BCUT2D eigenvalue weighted by atomic mass is 9.74. The first kappa shape index (κ1) is 106. The van der Waals surface area contributed by atoms with Gasteiger partial charge in [-0.2, -0.15) is 31.6 Å². The Morgan fingerprint density at radius 3 is 0.926 bits per heavy atom. The molecule has 12 aliphatic rings. The van der Waals surface area contributed by atoms with Gasteiger partial charge in [0, 0.05) is 57.0 Å². The minimum atomic E-state index is -0.0219. The van der Waals surface area contributed by atoms with Crippen molar-refractivity contribution in [3.63, 3.8) is 0 Å². The summed E-state index contributed by atoms with van der Waals surface area (Å²) in [7, 11) is 9.08. The van der Waals surface area contributed by atoms with Crippen molar-refractivity contribution in [2.45, 2.75) is 367 Å². The van der Waals surface area contributed by atoms with Crippen LogP contribution in [0.15, 0.2) is 140 Å². The summed E-state index contributed by atoms with van der Waals surface area (Å²) in [5, 5.41) is 68.0. The summed E-state index contributed by atoms with van der Waals surface area (Å²) in [5.41, 5.74) is 9.10. The number of ether oxygens (including phenoxy) is 6. The zero-order chi connectivity index (χ0) is 96.2. The second-order valence-electron chi connectivity index (χ2n) is 46.6. The molecule has 12 rings (SSSR count). The average molecular weight is 1840 g/mol. The van der Waals surface area contributed by atoms with E-state index in [1.54, 1.807) is 0 Å². The van der Waals surface area contributed by atoms with E-state index in [9.17, 15) is 36.8 Å². The van der Waals surface area contributed by atoms with Crippen LogP contribution in [0, 0.1) is 155 Å². The molecule has 20 nitrogen and oxygen atoms in total. The third-order valence-corrected chi connectivity index (χ3v) is 32.5. The first-order valence-electron chi connectivity index (χ1n) is 52.3. The predicted molar refractivity (Wildman–Crippen MR) is 533 cm³/mol. The smallest absolute Gasteiger partial charge is 0.265 e. The van der Waals surface area contributed by atoms with Crippen LogP contribution in [0.5, 0.6) is 0 Å². The van der Waals surface area contributed by atoms with Crippen LogP contribution in [-0.4, -0.2) is 181 Å². The Morgan fingerprint density at radius 1 is 0.341 bits per heavy atom. The fourth-order valence-corrected chi connectivity index (χ4v) is 24.8. The molecule has 8 unspecified atom stereocenters. The lowest BCUT2D eigenvalue weighted by Crippen LogP contribution is -2.42. The summed E-state index contributed by atoms with van der Waals surface area (Å²) in [5.74, 6) is 3.37. The van der Waals surface area contributed by atoms with Crippen LogP contribution in [0.2, 0.25) is 0 Å². The van der Waals surface area contributed by atoms with Gasteiger partial charge in [-0.05, 0) is 379 Å². The van der Waals surface area contributed by atoms with Gasteiger partial charge in [-0.3, -0.25) is 4.90 Å². The van der Waals surface area contributed by atoms with Gasteiger partial charge in [-0.15, -0.1) is 0 Å². The van der Waals surface area contributed by atoms with Gasteiger partial charge in [0.05, 0.1) is 88.5 Å². The second-order valence-corrected chi connectivity index (χ2v) is 46.6. The van der Waals surface area contributed by atoms with Gasteiger partial charge in [0.15, 0.2) is 0 Å².